The molecule has 3 atom stereocenters. The lowest BCUT2D eigenvalue weighted by Crippen LogP contribution is -2.58. The molecular formula is C16H22N2O2. The molecule has 1 saturated heterocycles. The fourth-order valence-corrected chi connectivity index (χ4v) is 3.30. The molecule has 4 nitrogen and oxygen atoms in total. The van der Waals surface area contributed by atoms with Crippen LogP contribution in [0.1, 0.15) is 43.4 Å². The molecule has 1 aromatic rings. The fourth-order valence-electron chi connectivity index (χ4n) is 3.30. The highest BCUT2D eigenvalue weighted by atomic mass is 16.3. The topological polar surface area (TPSA) is 61.4 Å². The lowest BCUT2D eigenvalue weighted by Gasteiger charge is -2.35. The molecular weight excluding hydrogens is 252 g/mol. The van der Waals surface area contributed by atoms with Crippen molar-refractivity contribution in [3.8, 4) is 0 Å². The second-order valence-corrected chi connectivity index (χ2v) is 6.14. The van der Waals surface area contributed by atoms with E-state index in [0.29, 0.717) is 6.42 Å². The van der Waals surface area contributed by atoms with Gasteiger partial charge in [0.2, 0.25) is 5.91 Å². The maximum atomic E-state index is 12.5. The first-order chi connectivity index (χ1) is 9.60. The van der Waals surface area contributed by atoms with Gasteiger partial charge in [0.1, 0.15) is 0 Å². The third-order valence-electron chi connectivity index (χ3n) is 4.61. The summed E-state index contributed by atoms with van der Waals surface area (Å²) in [4.78, 5) is 12.5. The van der Waals surface area contributed by atoms with Crippen molar-refractivity contribution in [2.24, 2.45) is 0 Å². The molecule has 1 fully saturated rings. The molecule has 1 aliphatic heterocycles. The minimum Gasteiger partial charge on any atom is -0.390 e. The Bertz CT molecular complexity index is 509. The maximum Gasteiger partial charge on any atom is 0.240 e. The number of nitrogens with one attached hydrogen (secondary N) is 2. The average Bonchev–Trinajstić information content (AvgIpc) is 2.76. The monoisotopic (exact) mass is 274 g/mol. The average molecular weight is 274 g/mol. The first-order valence-corrected chi connectivity index (χ1v) is 7.42. The number of rotatable bonds is 2. The minimum absolute atomic E-state index is 0.00190. The van der Waals surface area contributed by atoms with Gasteiger partial charge in [-0.05, 0) is 43.9 Å². The quantitative estimate of drug-likeness (QED) is 0.761. The maximum absolute atomic E-state index is 12.5. The van der Waals surface area contributed by atoms with Gasteiger partial charge in [0.25, 0.3) is 0 Å². The molecule has 0 spiro atoms. The van der Waals surface area contributed by atoms with Crippen molar-refractivity contribution in [2.75, 3.05) is 6.54 Å². The van der Waals surface area contributed by atoms with Crippen LogP contribution in [0.4, 0.5) is 0 Å². The van der Waals surface area contributed by atoms with Crippen LogP contribution in [0.3, 0.4) is 0 Å². The first-order valence-electron chi connectivity index (χ1n) is 7.42. The molecule has 3 rings (SSSR count). The normalized spacial score (nSPS) is 32.7. The van der Waals surface area contributed by atoms with E-state index in [2.05, 4.69) is 10.6 Å². The van der Waals surface area contributed by atoms with Crippen molar-refractivity contribution in [1.82, 2.24) is 10.6 Å². The van der Waals surface area contributed by atoms with E-state index in [0.717, 1.165) is 36.9 Å². The van der Waals surface area contributed by atoms with Gasteiger partial charge in [-0.15, -0.1) is 0 Å². The van der Waals surface area contributed by atoms with Gasteiger partial charge < -0.3 is 15.7 Å². The highest BCUT2D eigenvalue weighted by molar-refractivity contribution is 5.86. The Morgan fingerprint density at radius 3 is 2.95 bits per heavy atom. The molecule has 20 heavy (non-hydrogen) atoms. The first kappa shape index (κ1) is 13.6. The van der Waals surface area contributed by atoms with Gasteiger partial charge in [0.15, 0.2) is 0 Å². The van der Waals surface area contributed by atoms with Gasteiger partial charge in [-0.25, -0.2) is 0 Å². The number of fused-ring (bicyclic) bond motifs is 1. The molecule has 0 bridgehead atoms. The van der Waals surface area contributed by atoms with E-state index in [1.54, 1.807) is 0 Å². The molecule has 108 valence electrons. The third-order valence-corrected chi connectivity index (χ3v) is 4.61. The van der Waals surface area contributed by atoms with Gasteiger partial charge >= 0.3 is 0 Å². The van der Waals surface area contributed by atoms with E-state index in [1.165, 1.54) is 0 Å². The van der Waals surface area contributed by atoms with E-state index < -0.39 is 11.6 Å². The Morgan fingerprint density at radius 1 is 1.40 bits per heavy atom. The molecule has 1 aliphatic carbocycles. The largest absolute Gasteiger partial charge is 0.390 e. The number of benzene rings is 1. The lowest BCUT2D eigenvalue weighted by atomic mass is 9.89. The molecule has 1 unspecified atom stereocenters. The van der Waals surface area contributed by atoms with Crippen LogP contribution in [0.5, 0.6) is 0 Å². The number of carbonyl (C=O) groups is 1. The van der Waals surface area contributed by atoms with Crippen LogP contribution in [0, 0.1) is 0 Å². The number of aliphatic hydroxyl groups is 1. The van der Waals surface area contributed by atoms with Crippen molar-refractivity contribution in [3.63, 3.8) is 0 Å². The Labute approximate surface area is 119 Å². The molecule has 4 heteroatoms. The van der Waals surface area contributed by atoms with Crippen molar-refractivity contribution in [3.05, 3.63) is 35.4 Å². The van der Waals surface area contributed by atoms with Crippen molar-refractivity contribution >= 4 is 5.91 Å². The summed E-state index contributed by atoms with van der Waals surface area (Å²) in [5, 5.41) is 16.6. The summed E-state index contributed by atoms with van der Waals surface area (Å²) in [6.07, 6.45) is 3.14. The Kier molecular flexibility index (Phi) is 3.52. The molecule has 1 amide bonds. The number of hydrogen-bond acceptors (Lipinski definition) is 3. The number of aliphatic hydroxyl groups excluding tert-OH is 1. The Balaban J connectivity index is 1.76. The van der Waals surface area contributed by atoms with Crippen LogP contribution < -0.4 is 10.6 Å². The van der Waals surface area contributed by atoms with Crippen LogP contribution >= 0.6 is 0 Å². The van der Waals surface area contributed by atoms with E-state index in [4.69, 9.17) is 0 Å². The number of carbonyl (C=O) groups excluding carboxylic acids is 1. The van der Waals surface area contributed by atoms with Crippen LogP contribution in [0.15, 0.2) is 24.3 Å². The van der Waals surface area contributed by atoms with Crippen LogP contribution in [-0.4, -0.2) is 29.2 Å². The second-order valence-electron chi connectivity index (χ2n) is 6.14. The van der Waals surface area contributed by atoms with E-state index >= 15 is 0 Å². The molecule has 1 aromatic carbocycles. The van der Waals surface area contributed by atoms with Gasteiger partial charge in [0, 0.05) is 6.42 Å². The van der Waals surface area contributed by atoms with Crippen molar-refractivity contribution in [1.29, 1.82) is 0 Å². The van der Waals surface area contributed by atoms with Gasteiger partial charge in [-0.1, -0.05) is 24.3 Å². The summed E-state index contributed by atoms with van der Waals surface area (Å²) in [7, 11) is 0. The Hall–Kier alpha value is -1.39. The molecule has 2 aliphatic rings. The van der Waals surface area contributed by atoms with Crippen LogP contribution in [0.25, 0.3) is 0 Å². The number of hydrogen-bond donors (Lipinski definition) is 3. The lowest BCUT2D eigenvalue weighted by molar-refractivity contribution is -0.129. The summed E-state index contributed by atoms with van der Waals surface area (Å²) in [6, 6.07) is 7.66. The van der Waals surface area contributed by atoms with Gasteiger partial charge in [0.05, 0.1) is 17.7 Å². The summed E-state index contributed by atoms with van der Waals surface area (Å²) >= 11 is 0. The minimum atomic E-state index is -0.524. The van der Waals surface area contributed by atoms with Gasteiger partial charge in [-0.2, -0.15) is 0 Å². The SMILES string of the molecule is CC1(C(=O)N[C@H]2c3ccccc3C[C@H]2O)CCCCN1. The zero-order valence-electron chi connectivity index (χ0n) is 11.9. The summed E-state index contributed by atoms with van der Waals surface area (Å²) in [5.41, 5.74) is 1.68. The van der Waals surface area contributed by atoms with Crippen molar-refractivity contribution in [2.45, 2.75) is 50.3 Å². The molecule has 0 radical (unpaired) electrons. The summed E-state index contributed by atoms with van der Waals surface area (Å²) in [5.74, 6) is -0.00190. The molecule has 1 heterocycles. The molecule has 3 N–H and O–H groups in total. The molecule has 0 saturated carbocycles. The number of piperidine rings is 1. The Morgan fingerprint density at radius 2 is 2.20 bits per heavy atom. The van der Waals surface area contributed by atoms with Gasteiger partial charge in [-0.3, -0.25) is 4.79 Å². The van der Waals surface area contributed by atoms with Crippen molar-refractivity contribution < 1.29 is 9.90 Å². The summed E-state index contributed by atoms with van der Waals surface area (Å²) in [6.45, 7) is 2.84. The number of amides is 1. The second kappa shape index (κ2) is 5.19. The van der Waals surface area contributed by atoms with E-state index in [-0.39, 0.29) is 11.9 Å². The van der Waals surface area contributed by atoms with E-state index in [9.17, 15) is 9.90 Å². The van der Waals surface area contributed by atoms with Crippen LogP contribution in [-0.2, 0) is 11.2 Å². The smallest absolute Gasteiger partial charge is 0.240 e. The van der Waals surface area contributed by atoms with E-state index in [1.807, 2.05) is 31.2 Å². The molecule has 0 aromatic heterocycles. The zero-order valence-corrected chi connectivity index (χ0v) is 11.9. The predicted octanol–water partition coefficient (Wildman–Crippen LogP) is 1.29. The highest BCUT2D eigenvalue weighted by Gasteiger charge is 2.38. The standard InChI is InChI=1S/C16H22N2O2/c1-16(8-4-5-9-17-16)15(20)18-14-12-7-3-2-6-11(12)10-13(14)19/h2-3,6-7,13-14,17,19H,4-5,8-10H2,1H3,(H,18,20)/t13-,14+,16?/m1/s1. The van der Waals surface area contributed by atoms with Crippen LogP contribution in [0.2, 0.25) is 0 Å². The summed E-state index contributed by atoms with van der Waals surface area (Å²) < 4.78 is 0. The highest BCUT2D eigenvalue weighted by Crippen LogP contribution is 2.32. The third kappa shape index (κ3) is 2.34. The zero-order chi connectivity index (χ0) is 14.2. The fraction of sp³-hybridized carbons (Fsp3) is 0.562. The predicted molar refractivity (Wildman–Crippen MR) is 77.3 cm³/mol.